The minimum atomic E-state index is -1.36. The van der Waals surface area contributed by atoms with E-state index >= 15 is 0 Å². The number of hydrogen-bond donors (Lipinski definition) is 2. The lowest BCUT2D eigenvalue weighted by Gasteiger charge is -2.25. The van der Waals surface area contributed by atoms with Crippen molar-refractivity contribution >= 4 is 24.1 Å². The van der Waals surface area contributed by atoms with Crippen LogP contribution in [0.4, 0.5) is 4.79 Å². The molecule has 0 saturated heterocycles. The van der Waals surface area contributed by atoms with Crippen molar-refractivity contribution in [1.29, 1.82) is 0 Å². The van der Waals surface area contributed by atoms with E-state index in [2.05, 4.69) is 0 Å². The Balaban J connectivity index is 3.26. The van der Waals surface area contributed by atoms with Gasteiger partial charge < -0.3 is 29.8 Å². The third kappa shape index (κ3) is 12.8. The molecule has 0 aliphatic carbocycles. The molecule has 40 heavy (non-hydrogen) atoms. The largest absolute Gasteiger partial charge is 0.508 e. The number of esters is 2. The quantitative estimate of drug-likeness (QED) is 0.174. The molecule has 0 amide bonds. The zero-order valence-corrected chi connectivity index (χ0v) is 24.9. The number of nitrogens with two attached hydrogens (primary N) is 1. The van der Waals surface area contributed by atoms with E-state index in [0.29, 0.717) is 17.9 Å². The van der Waals surface area contributed by atoms with Crippen LogP contribution in [-0.4, -0.2) is 47.9 Å². The Morgan fingerprint density at radius 3 is 1.93 bits per heavy atom. The number of carboxylic acids is 1. The number of carbonyl (C=O) groups is 4. The Morgan fingerprint density at radius 1 is 0.875 bits per heavy atom. The van der Waals surface area contributed by atoms with Gasteiger partial charge in [0.05, 0.1) is 6.61 Å². The fourth-order valence-corrected chi connectivity index (χ4v) is 3.75. The molecule has 0 heterocycles. The molecule has 1 aromatic rings. The van der Waals surface area contributed by atoms with Crippen molar-refractivity contribution in [1.82, 2.24) is 0 Å². The highest BCUT2D eigenvalue weighted by Gasteiger charge is 2.30. The molecule has 1 aromatic carbocycles. The van der Waals surface area contributed by atoms with Crippen LogP contribution in [0.25, 0.3) is 0 Å². The molecule has 0 saturated carbocycles. The van der Waals surface area contributed by atoms with Gasteiger partial charge in [-0.1, -0.05) is 60.5 Å². The van der Waals surface area contributed by atoms with E-state index in [-0.39, 0.29) is 49.2 Å². The lowest BCUT2D eigenvalue weighted by Crippen LogP contribution is -2.38. The first-order chi connectivity index (χ1) is 18.8. The standard InChI is InChI=1S/C30H47NO9/c1-8-19(5)14-26(32)39-24-11-10-22(17-25(24)40-27(33)15-20(6)9-2)23(28(31)29(34)35)16-21(7)38-30(36)37-13-12-18(3)4/h10-11,17-21,23,28H,8-9,12-16,31H2,1-7H3,(H,34,35)/t19?,20?,21?,23?,28-/m0/s1. The van der Waals surface area contributed by atoms with Crippen LogP contribution in [0.3, 0.4) is 0 Å². The molecule has 4 unspecified atom stereocenters. The first-order valence-electron chi connectivity index (χ1n) is 14.1. The van der Waals surface area contributed by atoms with Crippen molar-refractivity contribution in [3.05, 3.63) is 23.8 Å². The number of ether oxygens (including phenoxy) is 4. The van der Waals surface area contributed by atoms with Gasteiger partial charge in [-0.05, 0) is 55.2 Å². The summed E-state index contributed by atoms with van der Waals surface area (Å²) in [6, 6.07) is 3.13. The molecular weight excluding hydrogens is 518 g/mol. The van der Waals surface area contributed by atoms with Crippen molar-refractivity contribution in [2.75, 3.05) is 6.61 Å². The Labute approximate surface area is 237 Å². The smallest absolute Gasteiger partial charge is 0.480 e. The molecule has 1 rings (SSSR count). The van der Waals surface area contributed by atoms with Gasteiger partial charge in [-0.2, -0.15) is 0 Å². The minimum absolute atomic E-state index is 0.00689. The van der Waals surface area contributed by atoms with Gasteiger partial charge in [0.1, 0.15) is 12.1 Å². The average molecular weight is 566 g/mol. The van der Waals surface area contributed by atoms with Crippen LogP contribution in [0.1, 0.15) is 98.5 Å². The van der Waals surface area contributed by atoms with Crippen molar-refractivity contribution in [3.8, 4) is 11.5 Å². The highest BCUT2D eigenvalue weighted by molar-refractivity contribution is 5.77. The minimum Gasteiger partial charge on any atom is -0.480 e. The second kappa shape index (κ2) is 17.5. The summed E-state index contributed by atoms with van der Waals surface area (Å²) in [6.45, 7) is 13.6. The van der Waals surface area contributed by atoms with E-state index in [1.807, 2.05) is 41.5 Å². The lowest BCUT2D eigenvalue weighted by molar-refractivity contribution is -0.139. The molecule has 0 aliphatic rings. The Hall–Kier alpha value is -3.14. The summed E-state index contributed by atoms with van der Waals surface area (Å²) in [6.07, 6.45) is 1.08. The number of rotatable bonds is 17. The van der Waals surface area contributed by atoms with E-state index < -0.39 is 42.1 Å². The molecule has 0 aromatic heterocycles. The summed E-state index contributed by atoms with van der Waals surface area (Å²) >= 11 is 0. The SMILES string of the molecule is CCC(C)CC(=O)Oc1ccc(C(CC(C)OC(=O)OCCC(C)C)[C@H](N)C(=O)O)cc1OC(=O)CC(C)CC. The molecule has 0 aliphatic heterocycles. The Morgan fingerprint density at radius 2 is 1.43 bits per heavy atom. The lowest BCUT2D eigenvalue weighted by atomic mass is 9.87. The number of aliphatic carboxylic acids is 1. The van der Waals surface area contributed by atoms with Crippen LogP contribution in [0.15, 0.2) is 18.2 Å². The van der Waals surface area contributed by atoms with Gasteiger partial charge >= 0.3 is 24.1 Å². The molecule has 226 valence electrons. The summed E-state index contributed by atoms with van der Waals surface area (Å²) in [5.41, 5.74) is 6.47. The Kier molecular flexibility index (Phi) is 15.3. The second-order valence-corrected chi connectivity index (χ2v) is 11.0. The van der Waals surface area contributed by atoms with E-state index in [1.54, 1.807) is 13.0 Å². The first kappa shape index (κ1) is 34.9. The van der Waals surface area contributed by atoms with Crippen molar-refractivity contribution in [2.24, 2.45) is 23.5 Å². The zero-order valence-electron chi connectivity index (χ0n) is 24.9. The monoisotopic (exact) mass is 565 g/mol. The Bertz CT molecular complexity index is 978. The molecule has 3 N–H and O–H groups in total. The van der Waals surface area contributed by atoms with Gasteiger partial charge in [0, 0.05) is 18.8 Å². The highest BCUT2D eigenvalue weighted by Crippen LogP contribution is 2.35. The van der Waals surface area contributed by atoms with E-state index in [9.17, 15) is 24.3 Å². The van der Waals surface area contributed by atoms with E-state index in [4.69, 9.17) is 24.7 Å². The van der Waals surface area contributed by atoms with Crippen LogP contribution in [0, 0.1) is 17.8 Å². The molecule has 0 spiro atoms. The number of benzene rings is 1. The van der Waals surface area contributed by atoms with Crippen molar-refractivity contribution in [3.63, 3.8) is 0 Å². The van der Waals surface area contributed by atoms with Crippen LogP contribution < -0.4 is 15.2 Å². The predicted octanol–water partition coefficient (Wildman–Crippen LogP) is 5.84. The fraction of sp³-hybridized carbons (Fsp3) is 0.667. The average Bonchev–Trinajstić information content (AvgIpc) is 2.87. The maximum atomic E-state index is 12.6. The topological polar surface area (TPSA) is 151 Å². The maximum absolute atomic E-state index is 12.6. The van der Waals surface area contributed by atoms with Gasteiger partial charge in [0.25, 0.3) is 0 Å². The fourth-order valence-electron chi connectivity index (χ4n) is 3.75. The van der Waals surface area contributed by atoms with Crippen LogP contribution in [0.5, 0.6) is 11.5 Å². The summed E-state index contributed by atoms with van der Waals surface area (Å²) in [7, 11) is 0. The van der Waals surface area contributed by atoms with Gasteiger partial charge in [-0.25, -0.2) is 4.79 Å². The summed E-state index contributed by atoms with van der Waals surface area (Å²) < 4.78 is 21.6. The maximum Gasteiger partial charge on any atom is 0.508 e. The second-order valence-electron chi connectivity index (χ2n) is 11.0. The molecule has 5 atom stereocenters. The van der Waals surface area contributed by atoms with Crippen LogP contribution in [-0.2, 0) is 23.9 Å². The highest BCUT2D eigenvalue weighted by atomic mass is 16.7. The number of hydrogen-bond acceptors (Lipinski definition) is 9. The van der Waals surface area contributed by atoms with Crippen molar-refractivity contribution < 1.29 is 43.2 Å². The van der Waals surface area contributed by atoms with E-state index in [1.165, 1.54) is 12.1 Å². The molecule has 0 radical (unpaired) electrons. The number of carbonyl (C=O) groups excluding carboxylic acids is 3. The normalized spacial score (nSPS) is 14.9. The summed E-state index contributed by atoms with van der Waals surface area (Å²) in [4.78, 5) is 49.1. The van der Waals surface area contributed by atoms with Crippen molar-refractivity contribution in [2.45, 2.75) is 105 Å². The summed E-state index contributed by atoms with van der Waals surface area (Å²) in [5.74, 6) is -2.47. The zero-order chi connectivity index (χ0) is 30.4. The van der Waals surface area contributed by atoms with Crippen LogP contribution in [0.2, 0.25) is 0 Å². The van der Waals surface area contributed by atoms with Gasteiger partial charge in [0.2, 0.25) is 0 Å². The predicted molar refractivity (Wildman–Crippen MR) is 150 cm³/mol. The molecule has 0 bridgehead atoms. The van der Waals surface area contributed by atoms with Gasteiger partial charge in [0.15, 0.2) is 11.5 Å². The van der Waals surface area contributed by atoms with Gasteiger partial charge in [-0.3, -0.25) is 14.4 Å². The third-order valence-electron chi connectivity index (χ3n) is 6.78. The van der Waals surface area contributed by atoms with Gasteiger partial charge in [-0.15, -0.1) is 0 Å². The van der Waals surface area contributed by atoms with Crippen LogP contribution >= 0.6 is 0 Å². The molecule has 0 fully saturated rings. The molecule has 10 heteroatoms. The first-order valence-corrected chi connectivity index (χ1v) is 14.1. The summed E-state index contributed by atoms with van der Waals surface area (Å²) in [5, 5.41) is 9.69. The van der Waals surface area contributed by atoms with E-state index in [0.717, 1.165) is 12.8 Å². The molecule has 10 nitrogen and oxygen atoms in total. The third-order valence-corrected chi connectivity index (χ3v) is 6.78. The molecular formula is C30H47NO9. The number of carboxylic acid groups (broad SMARTS) is 1.